The van der Waals surface area contributed by atoms with Crippen molar-refractivity contribution >= 4 is 24.5 Å². The average Bonchev–Trinajstić information content (AvgIpc) is 2.74. The zero-order chi connectivity index (χ0) is 21.1. The zero-order valence-electron chi connectivity index (χ0n) is 16.7. The summed E-state index contributed by atoms with van der Waals surface area (Å²) < 4.78 is 4.99. The van der Waals surface area contributed by atoms with E-state index in [0.29, 0.717) is 31.6 Å². The van der Waals surface area contributed by atoms with Gasteiger partial charge in [-0.1, -0.05) is 60.7 Å². The van der Waals surface area contributed by atoms with Crippen LogP contribution in [0.25, 0.3) is 17.2 Å². The molecule has 2 aromatic carbocycles. The Morgan fingerprint density at radius 2 is 1.72 bits per heavy atom. The second-order valence-electron chi connectivity index (χ2n) is 6.81. The molecule has 0 aromatic heterocycles. The van der Waals surface area contributed by atoms with Gasteiger partial charge >= 0.3 is 5.97 Å². The van der Waals surface area contributed by atoms with Crippen molar-refractivity contribution in [3.05, 3.63) is 65.7 Å². The van der Waals surface area contributed by atoms with Crippen molar-refractivity contribution in [1.29, 1.82) is 0 Å². The third kappa shape index (κ3) is 7.12. The fraction of sp³-hybridized carbons (Fsp3) is 0.292. The van der Waals surface area contributed by atoms with E-state index in [1.54, 1.807) is 19.2 Å². The van der Waals surface area contributed by atoms with Crippen LogP contribution in [-0.2, 0) is 9.53 Å². The van der Waals surface area contributed by atoms with Crippen LogP contribution in [0.15, 0.2) is 59.6 Å². The van der Waals surface area contributed by atoms with Gasteiger partial charge in [-0.2, -0.15) is 0 Å². The van der Waals surface area contributed by atoms with Crippen LogP contribution in [0.2, 0.25) is 0 Å². The fourth-order valence-electron chi connectivity index (χ4n) is 3.02. The van der Waals surface area contributed by atoms with Crippen LogP contribution in [0.5, 0.6) is 0 Å². The molecule has 0 bridgehead atoms. The van der Waals surface area contributed by atoms with Gasteiger partial charge in [-0.15, -0.1) is 0 Å². The van der Waals surface area contributed by atoms with Crippen LogP contribution in [0.1, 0.15) is 35.2 Å². The lowest BCUT2D eigenvalue weighted by Gasteiger charge is -2.11. The predicted molar refractivity (Wildman–Crippen MR) is 117 cm³/mol. The summed E-state index contributed by atoms with van der Waals surface area (Å²) in [5.74, 6) is -1.80. The molecule has 0 aliphatic carbocycles. The molecule has 0 heterocycles. The second-order valence-corrected chi connectivity index (χ2v) is 6.81. The highest BCUT2D eigenvalue weighted by molar-refractivity contribution is 5.98. The standard InChI is InChI=1S/C24H27NO4/c1-25-15-3-6-22(24(27)28)17-23(26)21-13-11-20(12-14-21)19-9-7-18(8-10-19)5-4-16-29-2/h4-5,7-14,22H,1,3,6,15-17H2,2H3,(H,27,28)/b5-4-. The molecule has 0 amide bonds. The number of rotatable bonds is 12. The Hall–Kier alpha value is -3.05. The molecule has 0 saturated carbocycles. The van der Waals surface area contributed by atoms with Crippen LogP contribution in [-0.4, -0.2) is 43.8 Å². The van der Waals surface area contributed by atoms with E-state index in [4.69, 9.17) is 4.74 Å². The lowest BCUT2D eigenvalue weighted by molar-refractivity contribution is -0.141. The van der Waals surface area contributed by atoms with Crippen molar-refractivity contribution in [1.82, 2.24) is 0 Å². The number of hydrogen-bond donors (Lipinski definition) is 1. The first-order valence-electron chi connectivity index (χ1n) is 9.59. The molecular formula is C24H27NO4. The van der Waals surface area contributed by atoms with E-state index in [9.17, 15) is 14.7 Å². The summed E-state index contributed by atoms with van der Waals surface area (Å²) in [6.45, 7) is 4.47. The van der Waals surface area contributed by atoms with Crippen molar-refractivity contribution < 1.29 is 19.4 Å². The Morgan fingerprint density at radius 3 is 2.28 bits per heavy atom. The summed E-state index contributed by atoms with van der Waals surface area (Å²) in [4.78, 5) is 27.6. The number of nitrogens with zero attached hydrogens (tertiary/aromatic N) is 1. The lowest BCUT2D eigenvalue weighted by atomic mass is 9.93. The smallest absolute Gasteiger partial charge is 0.306 e. The summed E-state index contributed by atoms with van der Waals surface area (Å²) in [5, 5.41) is 9.34. The van der Waals surface area contributed by atoms with E-state index < -0.39 is 11.9 Å². The molecule has 0 fully saturated rings. The molecule has 0 aliphatic rings. The van der Waals surface area contributed by atoms with Gasteiger partial charge in [-0.05, 0) is 36.2 Å². The van der Waals surface area contributed by atoms with Gasteiger partial charge in [0.2, 0.25) is 0 Å². The summed E-state index contributed by atoms with van der Waals surface area (Å²) in [7, 11) is 1.66. The molecule has 5 nitrogen and oxygen atoms in total. The van der Waals surface area contributed by atoms with Crippen LogP contribution in [0.3, 0.4) is 0 Å². The van der Waals surface area contributed by atoms with Crippen LogP contribution >= 0.6 is 0 Å². The number of ether oxygens (including phenoxy) is 1. The third-order valence-electron chi connectivity index (χ3n) is 4.67. The zero-order valence-corrected chi connectivity index (χ0v) is 16.7. The van der Waals surface area contributed by atoms with Crippen molar-refractivity contribution in [2.24, 2.45) is 10.9 Å². The number of carbonyl (C=O) groups excluding carboxylic acids is 1. The first-order valence-corrected chi connectivity index (χ1v) is 9.59. The molecule has 2 rings (SSSR count). The second kappa shape index (κ2) is 11.7. The Bertz CT molecular complexity index is 838. The Kier molecular flexibility index (Phi) is 8.99. The number of carboxylic acid groups (broad SMARTS) is 1. The van der Waals surface area contributed by atoms with Gasteiger partial charge < -0.3 is 14.8 Å². The summed E-state index contributed by atoms with van der Waals surface area (Å²) in [5.41, 5.74) is 3.67. The highest BCUT2D eigenvalue weighted by Crippen LogP contribution is 2.22. The van der Waals surface area contributed by atoms with E-state index >= 15 is 0 Å². The van der Waals surface area contributed by atoms with Crippen LogP contribution in [0, 0.1) is 5.92 Å². The number of benzene rings is 2. The molecule has 2 aromatic rings. The normalized spacial score (nSPS) is 12.0. The van der Waals surface area contributed by atoms with Crippen molar-refractivity contribution in [3.8, 4) is 11.1 Å². The summed E-state index contributed by atoms with van der Waals surface area (Å²) >= 11 is 0. The minimum absolute atomic E-state index is 0.00563. The Labute approximate surface area is 171 Å². The van der Waals surface area contributed by atoms with Crippen molar-refractivity contribution in [2.45, 2.75) is 19.3 Å². The number of carboxylic acids is 1. The van der Waals surface area contributed by atoms with Gasteiger partial charge in [0.25, 0.3) is 0 Å². The molecule has 1 N–H and O–H groups in total. The van der Waals surface area contributed by atoms with E-state index in [-0.39, 0.29) is 12.2 Å². The predicted octanol–water partition coefficient (Wildman–Crippen LogP) is 4.77. The molecule has 0 spiro atoms. The molecule has 152 valence electrons. The average molecular weight is 393 g/mol. The van der Waals surface area contributed by atoms with Gasteiger partial charge in [-0.3, -0.25) is 9.59 Å². The van der Waals surface area contributed by atoms with Gasteiger partial charge in [0.1, 0.15) is 0 Å². The minimum Gasteiger partial charge on any atom is -0.481 e. The van der Waals surface area contributed by atoms with Crippen molar-refractivity contribution in [3.63, 3.8) is 0 Å². The Balaban J connectivity index is 2.02. The molecule has 0 saturated heterocycles. The highest BCUT2D eigenvalue weighted by atomic mass is 16.5. The van der Waals surface area contributed by atoms with E-state index in [1.165, 1.54) is 0 Å². The first kappa shape index (κ1) is 22.2. The summed E-state index contributed by atoms with van der Waals surface area (Å²) in [6, 6.07) is 15.4. The van der Waals surface area contributed by atoms with E-state index in [2.05, 4.69) is 11.7 Å². The lowest BCUT2D eigenvalue weighted by Crippen LogP contribution is -2.18. The van der Waals surface area contributed by atoms with Gasteiger partial charge in [0.05, 0.1) is 12.5 Å². The topological polar surface area (TPSA) is 76.0 Å². The molecule has 29 heavy (non-hydrogen) atoms. The molecular weight excluding hydrogens is 366 g/mol. The number of methoxy groups -OCH3 is 1. The monoisotopic (exact) mass is 393 g/mol. The molecule has 0 radical (unpaired) electrons. The van der Waals surface area contributed by atoms with Crippen LogP contribution < -0.4 is 0 Å². The number of aliphatic imine (C=N–C) groups is 1. The number of aliphatic carboxylic acids is 1. The maximum atomic E-state index is 12.5. The number of ketones is 1. The summed E-state index contributed by atoms with van der Waals surface area (Å²) in [6.07, 6.45) is 4.98. The van der Waals surface area contributed by atoms with Crippen LogP contribution in [0.4, 0.5) is 0 Å². The molecule has 5 heteroatoms. The third-order valence-corrected chi connectivity index (χ3v) is 4.67. The number of carbonyl (C=O) groups is 2. The highest BCUT2D eigenvalue weighted by Gasteiger charge is 2.21. The minimum atomic E-state index is -0.946. The first-order chi connectivity index (χ1) is 14.0. The van der Waals surface area contributed by atoms with E-state index in [0.717, 1.165) is 16.7 Å². The molecule has 1 unspecified atom stereocenters. The van der Waals surface area contributed by atoms with Gasteiger partial charge in [0.15, 0.2) is 5.78 Å². The maximum Gasteiger partial charge on any atom is 0.306 e. The maximum absolute atomic E-state index is 12.5. The van der Waals surface area contributed by atoms with Crippen molar-refractivity contribution in [2.75, 3.05) is 20.3 Å². The quantitative estimate of drug-likeness (QED) is 0.320. The van der Waals surface area contributed by atoms with Gasteiger partial charge in [0, 0.05) is 25.6 Å². The molecule has 1 atom stereocenters. The fourth-order valence-corrected chi connectivity index (χ4v) is 3.02. The largest absolute Gasteiger partial charge is 0.481 e. The number of hydrogen-bond acceptors (Lipinski definition) is 4. The van der Waals surface area contributed by atoms with E-state index in [1.807, 2.05) is 48.6 Å². The molecule has 0 aliphatic heterocycles. The van der Waals surface area contributed by atoms with Gasteiger partial charge in [-0.25, -0.2) is 0 Å². The SMILES string of the molecule is C=NCCCC(CC(=O)c1ccc(-c2ccc(/C=C\COC)cc2)cc1)C(=O)O. The Morgan fingerprint density at radius 1 is 1.10 bits per heavy atom. The number of Topliss-reactive ketones (excluding diaryl/α,β-unsaturated/α-hetero) is 1.